The third kappa shape index (κ3) is 6.19. The van der Waals surface area contributed by atoms with Gasteiger partial charge < -0.3 is 10.6 Å². The highest BCUT2D eigenvalue weighted by Gasteiger charge is 2.32. The van der Waals surface area contributed by atoms with Crippen molar-refractivity contribution < 1.29 is 13.2 Å². The Kier molecular flexibility index (Phi) is 5.46. The summed E-state index contributed by atoms with van der Waals surface area (Å²) in [6.45, 7) is 4.59. The fourth-order valence-corrected chi connectivity index (χ4v) is 1.04. The molecule has 0 aromatic heterocycles. The zero-order valence-electron chi connectivity index (χ0n) is 9.30. The molecule has 15 heavy (non-hydrogen) atoms. The molecule has 6 heteroatoms. The fourth-order valence-electron chi connectivity index (χ4n) is 1.04. The Hall–Kier alpha value is -0.940. The van der Waals surface area contributed by atoms with Crippen LogP contribution in [0.2, 0.25) is 0 Å². The van der Waals surface area contributed by atoms with E-state index in [9.17, 15) is 13.2 Å². The molecular formula is C9H18F3N3. The van der Waals surface area contributed by atoms with Crippen LogP contribution in [0.4, 0.5) is 13.2 Å². The van der Waals surface area contributed by atoms with Gasteiger partial charge in [-0.15, -0.1) is 0 Å². The van der Waals surface area contributed by atoms with E-state index >= 15 is 0 Å². The van der Waals surface area contributed by atoms with Crippen molar-refractivity contribution in [2.75, 3.05) is 13.1 Å². The number of aliphatic imine (C=N–C) groups is 1. The largest absolute Gasteiger partial charge is 0.406 e. The summed E-state index contributed by atoms with van der Waals surface area (Å²) < 4.78 is 36.6. The molecule has 0 radical (unpaired) electrons. The van der Waals surface area contributed by atoms with Crippen molar-refractivity contribution in [1.29, 1.82) is 0 Å². The topological polar surface area (TPSA) is 41.6 Å². The van der Waals surface area contributed by atoms with Crippen LogP contribution in [0, 0.1) is 0 Å². The second kappa shape index (κ2) is 5.82. The Morgan fingerprint density at radius 3 is 2.27 bits per heavy atom. The number of rotatable bonds is 4. The van der Waals surface area contributed by atoms with Crippen LogP contribution in [0.25, 0.3) is 0 Å². The Morgan fingerprint density at radius 2 is 1.93 bits per heavy atom. The van der Waals surface area contributed by atoms with Crippen LogP contribution >= 0.6 is 0 Å². The molecule has 0 amide bonds. The second-order valence-corrected chi connectivity index (χ2v) is 3.58. The summed E-state index contributed by atoms with van der Waals surface area (Å²) in [5, 5.41) is 0. The molecule has 0 unspecified atom stereocenters. The van der Waals surface area contributed by atoms with E-state index in [1.165, 1.54) is 0 Å². The maximum atomic E-state index is 12.2. The van der Waals surface area contributed by atoms with Crippen molar-refractivity contribution in [3.63, 3.8) is 0 Å². The van der Waals surface area contributed by atoms with E-state index in [1.807, 2.05) is 6.92 Å². The molecule has 0 aliphatic heterocycles. The predicted molar refractivity (Wildman–Crippen MR) is 54.7 cm³/mol. The SMILES string of the molecule is CCCN=C(N)N(CC(F)(F)F)C(C)C. The predicted octanol–water partition coefficient (Wildman–Crippen LogP) is 1.98. The van der Waals surface area contributed by atoms with Gasteiger partial charge in [0.1, 0.15) is 6.54 Å². The number of nitrogens with zero attached hydrogens (tertiary/aromatic N) is 2. The van der Waals surface area contributed by atoms with E-state index in [2.05, 4.69) is 4.99 Å². The van der Waals surface area contributed by atoms with Gasteiger partial charge in [-0.3, -0.25) is 4.99 Å². The molecule has 0 saturated heterocycles. The maximum absolute atomic E-state index is 12.2. The summed E-state index contributed by atoms with van der Waals surface area (Å²) in [5.74, 6) is -0.0378. The quantitative estimate of drug-likeness (QED) is 0.587. The molecule has 0 atom stereocenters. The van der Waals surface area contributed by atoms with Crippen LogP contribution in [-0.4, -0.2) is 36.2 Å². The van der Waals surface area contributed by atoms with E-state index in [0.29, 0.717) is 6.54 Å². The molecule has 0 spiro atoms. The highest BCUT2D eigenvalue weighted by atomic mass is 19.4. The van der Waals surface area contributed by atoms with Crippen molar-refractivity contribution in [2.45, 2.75) is 39.4 Å². The van der Waals surface area contributed by atoms with Crippen molar-refractivity contribution >= 4 is 5.96 Å². The van der Waals surface area contributed by atoms with Gasteiger partial charge in [0.05, 0.1) is 0 Å². The lowest BCUT2D eigenvalue weighted by molar-refractivity contribution is -0.140. The minimum absolute atomic E-state index is 0.0378. The molecule has 0 heterocycles. The molecule has 2 N–H and O–H groups in total. The lowest BCUT2D eigenvalue weighted by atomic mass is 10.3. The fraction of sp³-hybridized carbons (Fsp3) is 0.889. The highest BCUT2D eigenvalue weighted by molar-refractivity contribution is 5.78. The van der Waals surface area contributed by atoms with E-state index in [-0.39, 0.29) is 12.0 Å². The van der Waals surface area contributed by atoms with Gasteiger partial charge >= 0.3 is 6.18 Å². The summed E-state index contributed by atoms with van der Waals surface area (Å²) in [7, 11) is 0. The van der Waals surface area contributed by atoms with Crippen molar-refractivity contribution in [3.05, 3.63) is 0 Å². The lowest BCUT2D eigenvalue weighted by Crippen LogP contribution is -2.47. The Morgan fingerprint density at radius 1 is 1.40 bits per heavy atom. The molecule has 0 aliphatic carbocycles. The first-order valence-electron chi connectivity index (χ1n) is 4.91. The molecule has 0 aliphatic rings. The first-order chi connectivity index (χ1) is 6.78. The number of alkyl halides is 3. The molecule has 0 aromatic carbocycles. The number of hydrogen-bond donors (Lipinski definition) is 1. The van der Waals surface area contributed by atoms with Crippen LogP contribution in [0.5, 0.6) is 0 Å². The second-order valence-electron chi connectivity index (χ2n) is 3.58. The molecule has 90 valence electrons. The van der Waals surface area contributed by atoms with E-state index in [0.717, 1.165) is 11.3 Å². The van der Waals surface area contributed by atoms with E-state index in [4.69, 9.17) is 5.73 Å². The molecule has 0 fully saturated rings. The van der Waals surface area contributed by atoms with Crippen LogP contribution < -0.4 is 5.73 Å². The van der Waals surface area contributed by atoms with Crippen LogP contribution in [-0.2, 0) is 0 Å². The summed E-state index contributed by atoms with van der Waals surface area (Å²) in [6.07, 6.45) is -3.49. The van der Waals surface area contributed by atoms with Crippen molar-refractivity contribution in [2.24, 2.45) is 10.7 Å². The number of guanidine groups is 1. The summed E-state index contributed by atoms with van der Waals surface area (Å²) in [5.41, 5.74) is 5.49. The minimum Gasteiger partial charge on any atom is -0.370 e. The molecule has 0 rings (SSSR count). The average molecular weight is 225 g/mol. The van der Waals surface area contributed by atoms with Gasteiger partial charge in [-0.1, -0.05) is 6.92 Å². The van der Waals surface area contributed by atoms with Gasteiger partial charge in [0.2, 0.25) is 0 Å². The van der Waals surface area contributed by atoms with Crippen LogP contribution in [0.3, 0.4) is 0 Å². The molecular weight excluding hydrogens is 207 g/mol. The standard InChI is InChI=1S/C9H18F3N3/c1-4-5-14-8(13)15(7(2)3)6-9(10,11)12/h7H,4-6H2,1-3H3,(H2,13,14). The van der Waals surface area contributed by atoms with Gasteiger partial charge in [0.15, 0.2) is 5.96 Å². The maximum Gasteiger partial charge on any atom is 0.406 e. The van der Waals surface area contributed by atoms with Crippen LogP contribution in [0.15, 0.2) is 4.99 Å². The van der Waals surface area contributed by atoms with Gasteiger partial charge in [0.25, 0.3) is 0 Å². The summed E-state index contributed by atoms with van der Waals surface area (Å²) >= 11 is 0. The van der Waals surface area contributed by atoms with Crippen molar-refractivity contribution in [1.82, 2.24) is 4.90 Å². The number of nitrogens with two attached hydrogens (primary N) is 1. The minimum atomic E-state index is -4.25. The van der Waals surface area contributed by atoms with Gasteiger partial charge in [-0.2, -0.15) is 13.2 Å². The monoisotopic (exact) mass is 225 g/mol. The zero-order chi connectivity index (χ0) is 12.1. The van der Waals surface area contributed by atoms with Gasteiger partial charge in [-0.25, -0.2) is 0 Å². The van der Waals surface area contributed by atoms with E-state index in [1.54, 1.807) is 13.8 Å². The van der Waals surface area contributed by atoms with Gasteiger partial charge in [-0.05, 0) is 20.3 Å². The first kappa shape index (κ1) is 14.1. The normalized spacial score (nSPS) is 13.4. The average Bonchev–Trinajstić information content (AvgIpc) is 2.08. The third-order valence-electron chi connectivity index (χ3n) is 1.76. The smallest absolute Gasteiger partial charge is 0.370 e. The third-order valence-corrected chi connectivity index (χ3v) is 1.76. The number of halogens is 3. The zero-order valence-corrected chi connectivity index (χ0v) is 9.30. The Labute approximate surface area is 88.2 Å². The number of hydrogen-bond acceptors (Lipinski definition) is 1. The lowest BCUT2D eigenvalue weighted by Gasteiger charge is -2.28. The van der Waals surface area contributed by atoms with Crippen LogP contribution in [0.1, 0.15) is 27.2 Å². The Balaban J connectivity index is 4.52. The summed E-state index contributed by atoms with van der Waals surface area (Å²) in [6, 6.07) is -0.313. The highest BCUT2D eigenvalue weighted by Crippen LogP contribution is 2.17. The Bertz CT molecular complexity index is 211. The first-order valence-corrected chi connectivity index (χ1v) is 4.91. The molecule has 0 bridgehead atoms. The molecule has 0 saturated carbocycles. The summed E-state index contributed by atoms with van der Waals surface area (Å²) in [4.78, 5) is 4.92. The molecule has 0 aromatic rings. The van der Waals surface area contributed by atoms with Gasteiger partial charge in [0, 0.05) is 12.6 Å². The molecule has 3 nitrogen and oxygen atoms in total. The van der Waals surface area contributed by atoms with Crippen molar-refractivity contribution in [3.8, 4) is 0 Å². The van der Waals surface area contributed by atoms with E-state index < -0.39 is 12.7 Å².